The number of nitrogens with one attached hydrogen (secondary N) is 1. The van der Waals surface area contributed by atoms with Gasteiger partial charge in [-0.25, -0.2) is 0 Å². The van der Waals surface area contributed by atoms with Crippen molar-refractivity contribution in [2.24, 2.45) is 10.9 Å². The molecule has 1 N–H and O–H groups in total. The first kappa shape index (κ1) is 10.4. The van der Waals surface area contributed by atoms with Gasteiger partial charge in [0.1, 0.15) is 0 Å². The number of nitrogens with zero attached hydrogens (tertiary/aromatic N) is 1. The largest absolute Gasteiger partial charge is 0.301 e. The van der Waals surface area contributed by atoms with Gasteiger partial charge < -0.3 is 5.32 Å². The minimum atomic E-state index is 0.570. The van der Waals surface area contributed by atoms with Gasteiger partial charge in [-0.1, -0.05) is 19.9 Å². The second-order valence-corrected chi connectivity index (χ2v) is 2.77. The molecule has 0 amide bonds. The van der Waals surface area contributed by atoms with E-state index in [-0.39, 0.29) is 0 Å². The summed E-state index contributed by atoms with van der Waals surface area (Å²) >= 11 is 0. The molecule has 0 aromatic rings. The second kappa shape index (κ2) is 6.10. The molecule has 11 heavy (non-hydrogen) atoms. The number of hydrogen-bond donors (Lipinski definition) is 1. The van der Waals surface area contributed by atoms with Gasteiger partial charge in [-0.15, -0.1) is 0 Å². The molecular weight excluding hydrogens is 136 g/mol. The highest BCUT2D eigenvalue weighted by Gasteiger charge is 1.96. The predicted molar refractivity (Wildman–Crippen MR) is 51.0 cm³/mol. The zero-order valence-corrected chi connectivity index (χ0v) is 7.89. The number of hydrogen-bond acceptors (Lipinski definition) is 2. The van der Waals surface area contributed by atoms with Crippen LogP contribution in [0.3, 0.4) is 0 Å². The first-order valence-electron chi connectivity index (χ1n) is 4.03. The lowest BCUT2D eigenvalue weighted by Crippen LogP contribution is -2.05. The Morgan fingerprint density at radius 3 is 2.55 bits per heavy atom. The van der Waals surface area contributed by atoms with E-state index in [1.165, 1.54) is 5.57 Å². The molecule has 0 saturated heterocycles. The predicted octanol–water partition coefficient (Wildman–Crippen LogP) is 1.84. The normalized spacial score (nSPS) is 13.4. The van der Waals surface area contributed by atoms with Gasteiger partial charge in [-0.05, 0) is 25.5 Å². The highest BCUT2D eigenvalue weighted by molar-refractivity contribution is 5.78. The summed E-state index contributed by atoms with van der Waals surface area (Å²) in [6.07, 6.45) is 4.03. The Hall–Kier alpha value is -0.630. The first-order chi connectivity index (χ1) is 5.22. The zero-order chi connectivity index (χ0) is 8.69. The van der Waals surface area contributed by atoms with Crippen molar-refractivity contribution in [3.8, 4) is 0 Å². The molecule has 0 aromatic carbocycles. The van der Waals surface area contributed by atoms with Crippen molar-refractivity contribution < 1.29 is 0 Å². The molecule has 2 nitrogen and oxygen atoms in total. The smallest absolute Gasteiger partial charge is 0.0882 e. The summed E-state index contributed by atoms with van der Waals surface area (Å²) < 4.78 is 0. The van der Waals surface area contributed by atoms with Gasteiger partial charge in [0.25, 0.3) is 0 Å². The first-order valence-corrected chi connectivity index (χ1v) is 4.03. The van der Waals surface area contributed by atoms with Crippen LogP contribution in [0.15, 0.2) is 16.6 Å². The van der Waals surface area contributed by atoms with Crippen LogP contribution >= 0.6 is 0 Å². The molecule has 0 atom stereocenters. The summed E-state index contributed by atoms with van der Waals surface area (Å²) in [5.74, 6) is 0.570. The molecule has 0 aliphatic carbocycles. The molecule has 0 saturated carbocycles. The molecule has 0 spiro atoms. The lowest BCUT2D eigenvalue weighted by atomic mass is 10.1. The van der Waals surface area contributed by atoms with Crippen LogP contribution in [0.25, 0.3) is 0 Å². The van der Waals surface area contributed by atoms with E-state index < -0.39 is 0 Å². The molecule has 2 heteroatoms. The molecule has 0 rings (SSSR count). The average Bonchev–Trinajstić information content (AvgIpc) is 1.97. The molecular formula is C9H18N2. The maximum absolute atomic E-state index is 4.18. The fraction of sp³-hybridized carbons (Fsp3) is 0.667. The summed E-state index contributed by atoms with van der Waals surface area (Å²) in [5, 5.41) is 2.96. The van der Waals surface area contributed by atoms with Gasteiger partial charge in [0.2, 0.25) is 0 Å². The third kappa shape index (κ3) is 4.73. The van der Waals surface area contributed by atoms with Crippen LogP contribution in [0.1, 0.15) is 20.8 Å². The fourth-order valence-corrected chi connectivity index (χ4v) is 0.799. The second-order valence-electron chi connectivity index (χ2n) is 2.77. The number of aliphatic imine (C=N–C) groups is 1. The van der Waals surface area contributed by atoms with Crippen molar-refractivity contribution in [3.63, 3.8) is 0 Å². The number of rotatable bonds is 4. The number of allylic oxidation sites excluding steroid dienone is 2. The Balaban J connectivity index is 3.89. The van der Waals surface area contributed by atoms with Crippen molar-refractivity contribution in [3.05, 3.63) is 11.6 Å². The van der Waals surface area contributed by atoms with Crippen LogP contribution in [0.2, 0.25) is 0 Å². The summed E-state index contributed by atoms with van der Waals surface area (Å²) in [4.78, 5) is 4.18. The van der Waals surface area contributed by atoms with Crippen molar-refractivity contribution in [2.75, 3.05) is 13.7 Å². The molecule has 64 valence electrons. The van der Waals surface area contributed by atoms with E-state index in [0.29, 0.717) is 12.6 Å². The van der Waals surface area contributed by atoms with Gasteiger partial charge >= 0.3 is 0 Å². The van der Waals surface area contributed by atoms with Gasteiger partial charge in [-0.3, -0.25) is 4.99 Å². The van der Waals surface area contributed by atoms with Crippen molar-refractivity contribution >= 4 is 6.21 Å². The molecule has 0 unspecified atom stereocenters. The molecule has 0 heterocycles. The van der Waals surface area contributed by atoms with E-state index in [9.17, 15) is 0 Å². The van der Waals surface area contributed by atoms with E-state index in [1.807, 2.05) is 20.2 Å². The van der Waals surface area contributed by atoms with E-state index in [4.69, 9.17) is 0 Å². The quantitative estimate of drug-likeness (QED) is 0.614. The summed E-state index contributed by atoms with van der Waals surface area (Å²) in [6.45, 7) is 7.08. The van der Waals surface area contributed by atoms with Gasteiger partial charge in [-0.2, -0.15) is 0 Å². The summed E-state index contributed by atoms with van der Waals surface area (Å²) in [5.41, 5.74) is 1.29. The van der Waals surface area contributed by atoms with E-state index in [2.05, 4.69) is 30.2 Å². The maximum atomic E-state index is 4.18. The van der Waals surface area contributed by atoms with E-state index >= 15 is 0 Å². The Labute approximate surface area is 69.4 Å². The van der Waals surface area contributed by atoms with Crippen LogP contribution in [-0.4, -0.2) is 19.9 Å². The zero-order valence-electron chi connectivity index (χ0n) is 7.89. The third-order valence-electron chi connectivity index (χ3n) is 1.49. The SMILES string of the molecule is C/C=C(\C=N/CNC)C(C)C. The molecule has 0 fully saturated rings. The van der Waals surface area contributed by atoms with Gasteiger partial charge in [0.15, 0.2) is 0 Å². The molecule has 0 bridgehead atoms. The third-order valence-corrected chi connectivity index (χ3v) is 1.49. The van der Waals surface area contributed by atoms with Crippen molar-refractivity contribution in [1.29, 1.82) is 0 Å². The average molecular weight is 154 g/mol. The van der Waals surface area contributed by atoms with E-state index in [1.54, 1.807) is 0 Å². The van der Waals surface area contributed by atoms with E-state index in [0.717, 1.165) is 0 Å². The fourth-order valence-electron chi connectivity index (χ4n) is 0.799. The molecule has 0 aliphatic heterocycles. The Morgan fingerprint density at radius 1 is 1.55 bits per heavy atom. The standard InChI is InChI=1S/C9H18N2/c1-5-9(8(2)3)6-11-7-10-4/h5-6,8,10H,7H2,1-4H3/b9-5+,11-6-. The van der Waals surface area contributed by atoms with Crippen LogP contribution in [0.5, 0.6) is 0 Å². The minimum absolute atomic E-state index is 0.570. The molecule has 0 aromatic heterocycles. The lowest BCUT2D eigenvalue weighted by molar-refractivity contribution is 0.796. The minimum Gasteiger partial charge on any atom is -0.301 e. The van der Waals surface area contributed by atoms with Gasteiger partial charge in [0, 0.05) is 6.21 Å². The Bertz CT molecular complexity index is 146. The maximum Gasteiger partial charge on any atom is 0.0882 e. The molecule has 0 aliphatic rings. The van der Waals surface area contributed by atoms with Crippen LogP contribution in [0.4, 0.5) is 0 Å². The Kier molecular flexibility index (Phi) is 5.75. The molecule has 0 radical (unpaired) electrons. The topological polar surface area (TPSA) is 24.4 Å². The van der Waals surface area contributed by atoms with Crippen LogP contribution in [-0.2, 0) is 0 Å². The highest BCUT2D eigenvalue weighted by Crippen LogP contribution is 2.05. The van der Waals surface area contributed by atoms with Crippen molar-refractivity contribution in [2.45, 2.75) is 20.8 Å². The van der Waals surface area contributed by atoms with Crippen LogP contribution in [0, 0.1) is 5.92 Å². The van der Waals surface area contributed by atoms with Crippen molar-refractivity contribution in [1.82, 2.24) is 5.32 Å². The van der Waals surface area contributed by atoms with Crippen LogP contribution < -0.4 is 5.32 Å². The monoisotopic (exact) mass is 154 g/mol. The lowest BCUT2D eigenvalue weighted by Gasteiger charge is -2.03. The summed E-state index contributed by atoms with van der Waals surface area (Å²) in [6, 6.07) is 0. The van der Waals surface area contributed by atoms with Gasteiger partial charge in [0.05, 0.1) is 6.67 Å². The highest BCUT2D eigenvalue weighted by atomic mass is 15.0. The Morgan fingerprint density at radius 2 is 2.18 bits per heavy atom. The summed E-state index contributed by atoms with van der Waals surface area (Å²) in [7, 11) is 1.89.